The molecule has 8 aromatic carbocycles. The maximum Gasteiger partial charge on any atom is 0.0652 e. The van der Waals surface area contributed by atoms with Crippen molar-refractivity contribution in [3.63, 3.8) is 0 Å². The van der Waals surface area contributed by atoms with Crippen LogP contribution in [0.1, 0.15) is 23.3 Å². The monoisotopic (exact) mass is 666 g/mol. The lowest BCUT2D eigenvalue weighted by molar-refractivity contribution is 1.16. The van der Waals surface area contributed by atoms with Crippen molar-refractivity contribution < 1.29 is 23.3 Å². The van der Waals surface area contributed by atoms with Crippen molar-refractivity contribution in [2.45, 2.75) is 0 Å². The standard InChI is InChI=1S/C48H31N3/c1-2-13-32(14-3-1)33-15-12-16-34(29-33)49-45-23-10-6-19-39(45)41-31-36(26-27-47(41)49)51-46-24-11-7-20-40(46)42-30-35(25-28-48(42)51)50-43-21-8-4-17-37(43)38-18-5-9-22-44(38)50/h1-31H/i4D,5D,6D,8D,9D,10D,13D,14D,17D,18D,19D,21D,22D,23D,26D,27D,31D. The molecule has 0 aliphatic rings. The largest absolute Gasteiger partial charge is 0.309 e. The van der Waals surface area contributed by atoms with Crippen LogP contribution in [0, 0.1) is 0 Å². The Kier molecular flexibility index (Phi) is 3.45. The number of benzene rings is 8. The van der Waals surface area contributed by atoms with E-state index in [2.05, 4.69) is 0 Å². The van der Waals surface area contributed by atoms with Crippen LogP contribution >= 0.6 is 0 Å². The Morgan fingerprint density at radius 1 is 0.314 bits per heavy atom. The Morgan fingerprint density at radius 3 is 1.63 bits per heavy atom. The first-order valence-electron chi connectivity index (χ1n) is 24.6. The lowest BCUT2D eigenvalue weighted by Crippen LogP contribution is -1.97. The zero-order valence-corrected chi connectivity index (χ0v) is 26.4. The molecule has 11 aromatic rings. The summed E-state index contributed by atoms with van der Waals surface area (Å²) in [6.45, 7) is 0. The van der Waals surface area contributed by atoms with Crippen molar-refractivity contribution in [2.75, 3.05) is 0 Å². The topological polar surface area (TPSA) is 14.8 Å². The van der Waals surface area contributed by atoms with Gasteiger partial charge in [-0.25, -0.2) is 0 Å². The second kappa shape index (κ2) is 10.8. The van der Waals surface area contributed by atoms with Gasteiger partial charge in [-0.3, -0.25) is 0 Å². The molecule has 0 bridgehead atoms. The Morgan fingerprint density at radius 2 is 0.902 bits per heavy atom. The lowest BCUT2D eigenvalue weighted by atomic mass is 10.1. The maximum atomic E-state index is 10.00. The molecule has 3 aromatic heterocycles. The molecule has 0 spiro atoms. The van der Waals surface area contributed by atoms with Crippen LogP contribution in [0.3, 0.4) is 0 Å². The van der Waals surface area contributed by atoms with Crippen LogP contribution < -0.4 is 0 Å². The molecule has 0 atom stereocenters. The first kappa shape index (κ1) is 16.2. The van der Waals surface area contributed by atoms with Gasteiger partial charge in [0.05, 0.1) is 56.4 Å². The highest BCUT2D eigenvalue weighted by Crippen LogP contribution is 2.39. The van der Waals surface area contributed by atoms with Crippen molar-refractivity contribution in [1.29, 1.82) is 0 Å². The molecule has 0 aliphatic heterocycles. The third-order valence-electron chi connectivity index (χ3n) is 9.36. The highest BCUT2D eigenvalue weighted by Gasteiger charge is 2.18. The first-order valence-corrected chi connectivity index (χ1v) is 16.1. The summed E-state index contributed by atoms with van der Waals surface area (Å²) in [5.41, 5.74) is 1.96. The quantitative estimate of drug-likeness (QED) is 0.178. The minimum Gasteiger partial charge on any atom is -0.309 e. The van der Waals surface area contributed by atoms with Crippen LogP contribution in [0.5, 0.6) is 0 Å². The fourth-order valence-corrected chi connectivity index (χ4v) is 7.21. The molecule has 0 unspecified atom stereocenters. The van der Waals surface area contributed by atoms with Gasteiger partial charge in [0.15, 0.2) is 0 Å². The molecule has 0 radical (unpaired) electrons. The predicted molar refractivity (Wildman–Crippen MR) is 215 cm³/mol. The van der Waals surface area contributed by atoms with Gasteiger partial charge in [-0.15, -0.1) is 0 Å². The molecular weight excluding hydrogens is 619 g/mol. The number of fused-ring (bicyclic) bond motifs is 9. The van der Waals surface area contributed by atoms with Gasteiger partial charge < -0.3 is 13.7 Å². The molecule has 0 N–H and O–H groups in total. The van der Waals surface area contributed by atoms with E-state index in [1.54, 1.807) is 89.5 Å². The van der Waals surface area contributed by atoms with Gasteiger partial charge in [-0.2, -0.15) is 0 Å². The summed E-state index contributed by atoms with van der Waals surface area (Å²) in [4.78, 5) is 0. The van der Waals surface area contributed by atoms with E-state index in [4.69, 9.17) is 16.4 Å². The highest BCUT2D eigenvalue weighted by atomic mass is 15.0. The molecule has 0 amide bonds. The second-order valence-electron chi connectivity index (χ2n) is 12.1. The molecule has 3 nitrogen and oxygen atoms in total. The molecule has 0 aliphatic carbocycles. The van der Waals surface area contributed by atoms with E-state index >= 15 is 0 Å². The number of rotatable bonds is 4. The van der Waals surface area contributed by atoms with E-state index in [0.29, 0.717) is 38.6 Å². The van der Waals surface area contributed by atoms with Gasteiger partial charge in [0.2, 0.25) is 0 Å². The number of nitrogens with zero attached hydrogens (tertiary/aromatic N) is 3. The van der Waals surface area contributed by atoms with Gasteiger partial charge in [0, 0.05) is 49.4 Å². The molecule has 51 heavy (non-hydrogen) atoms. The molecular formula is C48H31N3. The van der Waals surface area contributed by atoms with E-state index in [0.717, 1.165) is 0 Å². The molecule has 3 heteroatoms. The van der Waals surface area contributed by atoms with Gasteiger partial charge in [0.1, 0.15) is 0 Å². The zero-order chi connectivity index (χ0) is 48.3. The smallest absolute Gasteiger partial charge is 0.0652 e. The van der Waals surface area contributed by atoms with E-state index in [9.17, 15) is 6.85 Å². The second-order valence-corrected chi connectivity index (χ2v) is 12.1. The Labute approximate surface area is 318 Å². The van der Waals surface area contributed by atoms with Crippen molar-refractivity contribution >= 4 is 65.4 Å². The first-order chi connectivity index (χ1) is 32.4. The Balaban J connectivity index is 1.24. The van der Waals surface area contributed by atoms with Crippen LogP contribution in [0.25, 0.3) is 93.6 Å². The molecule has 0 saturated heterocycles. The summed E-state index contributed by atoms with van der Waals surface area (Å²) in [5, 5.41) is 0.850. The lowest BCUT2D eigenvalue weighted by Gasteiger charge is -2.12. The summed E-state index contributed by atoms with van der Waals surface area (Å²) in [6, 6.07) is 16.2. The number of hydrogen-bond donors (Lipinski definition) is 0. The molecule has 3 heterocycles. The Bertz CT molecular complexity index is 4030. The third kappa shape index (κ3) is 4.12. The van der Waals surface area contributed by atoms with Gasteiger partial charge in [-0.05, 0) is 83.8 Å². The van der Waals surface area contributed by atoms with Crippen LogP contribution in [-0.4, -0.2) is 13.7 Å². The minimum atomic E-state index is -0.569. The maximum absolute atomic E-state index is 10.00. The van der Waals surface area contributed by atoms with Crippen molar-refractivity contribution in [3.8, 4) is 28.2 Å². The summed E-state index contributed by atoms with van der Waals surface area (Å²) in [5.74, 6) is 0. The van der Waals surface area contributed by atoms with E-state index in [1.807, 2.05) is 0 Å². The Hall–Kier alpha value is -6.84. The fourth-order valence-electron chi connectivity index (χ4n) is 7.21. The highest BCUT2D eigenvalue weighted by molar-refractivity contribution is 6.14. The average molecular weight is 667 g/mol. The summed E-state index contributed by atoms with van der Waals surface area (Å²) < 4.78 is 157. The fraction of sp³-hybridized carbons (Fsp3) is 0. The van der Waals surface area contributed by atoms with Crippen molar-refractivity contribution in [3.05, 3.63) is 188 Å². The van der Waals surface area contributed by atoms with Crippen LogP contribution in [0.2, 0.25) is 0 Å². The van der Waals surface area contributed by atoms with Crippen LogP contribution in [-0.2, 0) is 0 Å². The number of para-hydroxylation sites is 4. The van der Waals surface area contributed by atoms with E-state index in [-0.39, 0.29) is 73.1 Å². The van der Waals surface area contributed by atoms with E-state index < -0.39 is 84.6 Å². The van der Waals surface area contributed by atoms with Gasteiger partial charge in [-0.1, -0.05) is 115 Å². The molecule has 11 rings (SSSR count). The van der Waals surface area contributed by atoms with Crippen molar-refractivity contribution in [1.82, 2.24) is 13.7 Å². The minimum absolute atomic E-state index is 0.0217. The van der Waals surface area contributed by atoms with Crippen LogP contribution in [0.15, 0.2) is 188 Å². The SMILES string of the molecule is [2H]c1cccc([2H])c1-c1cccc(-n2c3c([2H])c([2H])c([2H])c([2H])c3c3c([2H])c(-n4c5ccccc5c5cc(-n6c7c([2H])c([2H])c([2H])c([2H])c7c7c([2H])c([2H])c([2H])c([2H])c76)ccc54)c([2H])c([2H])c32)c1. The van der Waals surface area contributed by atoms with Gasteiger partial charge in [0.25, 0.3) is 0 Å². The third-order valence-corrected chi connectivity index (χ3v) is 9.36. The molecule has 0 fully saturated rings. The normalized spacial score (nSPS) is 16.6. The van der Waals surface area contributed by atoms with E-state index in [1.165, 1.54) is 9.13 Å². The summed E-state index contributed by atoms with van der Waals surface area (Å²) >= 11 is 0. The van der Waals surface area contributed by atoms with Crippen molar-refractivity contribution in [2.24, 2.45) is 0 Å². The summed E-state index contributed by atoms with van der Waals surface area (Å²) in [6.07, 6.45) is 0. The zero-order valence-electron chi connectivity index (χ0n) is 43.4. The molecule has 0 saturated carbocycles. The number of hydrogen-bond acceptors (Lipinski definition) is 0. The summed E-state index contributed by atoms with van der Waals surface area (Å²) in [7, 11) is 0. The van der Waals surface area contributed by atoms with Gasteiger partial charge >= 0.3 is 0 Å². The predicted octanol–water partition coefficient (Wildman–Crippen LogP) is 12.6. The average Bonchev–Trinajstić information content (AvgIpc) is 3.99. The van der Waals surface area contributed by atoms with Crippen LogP contribution in [0.4, 0.5) is 0 Å². The number of aromatic nitrogens is 3. The molecule has 238 valence electrons.